The van der Waals surface area contributed by atoms with Crippen LogP contribution in [0.4, 0.5) is 8.78 Å². The third-order valence-electron chi connectivity index (χ3n) is 2.57. The van der Waals surface area contributed by atoms with E-state index in [1.807, 2.05) is 13.8 Å². The topological polar surface area (TPSA) is 12.0 Å². The van der Waals surface area contributed by atoms with Crippen LogP contribution in [-0.4, -0.2) is 12.6 Å². The van der Waals surface area contributed by atoms with Crippen molar-refractivity contribution in [3.63, 3.8) is 0 Å². The maximum Gasteiger partial charge on any atom is 0.126 e. The van der Waals surface area contributed by atoms with Gasteiger partial charge in [0.15, 0.2) is 0 Å². The highest BCUT2D eigenvalue weighted by Crippen LogP contribution is 2.11. The molecular weight excluding hydrogens is 232 g/mol. The predicted molar refractivity (Wildman–Crippen MR) is 71.6 cm³/mol. The molecule has 18 heavy (non-hydrogen) atoms. The Bertz CT molecular complexity index is 389. The van der Waals surface area contributed by atoms with Gasteiger partial charge in [0.1, 0.15) is 11.6 Å². The summed E-state index contributed by atoms with van der Waals surface area (Å²) < 4.78 is 26.2. The molecule has 3 heteroatoms. The Hall–Kier alpha value is -1.22. The van der Waals surface area contributed by atoms with Gasteiger partial charge in [0.05, 0.1) is 0 Å². The number of hydrogen-bond donors (Lipinski definition) is 1. The lowest BCUT2D eigenvalue weighted by Gasteiger charge is -2.15. The average molecular weight is 253 g/mol. The standard InChI is InChI=1S/C15H21F2N/c1-4-5-18-15(6-11(2)3)9-12-7-13(16)10-14(17)8-12/h6-8,10,15,18H,4-5,9H2,1-3H3. The zero-order valence-electron chi connectivity index (χ0n) is 11.3. The maximum atomic E-state index is 13.1. The molecule has 1 unspecified atom stereocenters. The summed E-state index contributed by atoms with van der Waals surface area (Å²) in [6, 6.07) is 3.81. The van der Waals surface area contributed by atoms with Crippen molar-refractivity contribution in [2.24, 2.45) is 0 Å². The van der Waals surface area contributed by atoms with Crippen LogP contribution in [0.15, 0.2) is 29.8 Å². The van der Waals surface area contributed by atoms with Crippen LogP contribution in [-0.2, 0) is 6.42 Å². The monoisotopic (exact) mass is 253 g/mol. The molecule has 0 aliphatic carbocycles. The number of benzene rings is 1. The SMILES string of the molecule is CCCNC(C=C(C)C)Cc1cc(F)cc(F)c1. The molecule has 0 aliphatic heterocycles. The quantitative estimate of drug-likeness (QED) is 0.759. The van der Waals surface area contributed by atoms with E-state index >= 15 is 0 Å². The summed E-state index contributed by atoms with van der Waals surface area (Å²) in [4.78, 5) is 0. The van der Waals surface area contributed by atoms with Crippen molar-refractivity contribution in [1.29, 1.82) is 0 Å². The molecule has 100 valence electrons. The van der Waals surface area contributed by atoms with Crippen LogP contribution in [0.3, 0.4) is 0 Å². The average Bonchev–Trinajstić information content (AvgIpc) is 2.23. The van der Waals surface area contributed by atoms with Crippen LogP contribution in [0.25, 0.3) is 0 Å². The molecule has 0 saturated heterocycles. The Labute approximate surface area is 108 Å². The van der Waals surface area contributed by atoms with Gasteiger partial charge in [-0.2, -0.15) is 0 Å². The fraction of sp³-hybridized carbons (Fsp3) is 0.467. The number of halogens is 2. The smallest absolute Gasteiger partial charge is 0.126 e. The minimum Gasteiger partial charge on any atom is -0.310 e. The first-order valence-corrected chi connectivity index (χ1v) is 6.34. The lowest BCUT2D eigenvalue weighted by Crippen LogP contribution is -2.30. The molecule has 1 nitrogen and oxygen atoms in total. The van der Waals surface area contributed by atoms with Gasteiger partial charge in [-0.3, -0.25) is 0 Å². The summed E-state index contributed by atoms with van der Waals surface area (Å²) in [5, 5.41) is 3.37. The van der Waals surface area contributed by atoms with Gasteiger partial charge >= 0.3 is 0 Å². The molecule has 1 aromatic rings. The van der Waals surface area contributed by atoms with Crippen molar-refractivity contribution in [2.75, 3.05) is 6.54 Å². The van der Waals surface area contributed by atoms with E-state index in [2.05, 4.69) is 18.3 Å². The van der Waals surface area contributed by atoms with E-state index in [1.165, 1.54) is 17.7 Å². The molecule has 0 aliphatic rings. The van der Waals surface area contributed by atoms with Gasteiger partial charge in [0, 0.05) is 12.1 Å². The van der Waals surface area contributed by atoms with Gasteiger partial charge in [-0.05, 0) is 50.9 Å². The van der Waals surface area contributed by atoms with Gasteiger partial charge in [0.25, 0.3) is 0 Å². The molecule has 1 N–H and O–H groups in total. The van der Waals surface area contributed by atoms with Crippen molar-refractivity contribution >= 4 is 0 Å². The lowest BCUT2D eigenvalue weighted by molar-refractivity contribution is 0.561. The molecule has 0 amide bonds. The van der Waals surface area contributed by atoms with Gasteiger partial charge in [-0.1, -0.05) is 18.6 Å². The van der Waals surface area contributed by atoms with Crippen LogP contribution in [0.1, 0.15) is 32.8 Å². The lowest BCUT2D eigenvalue weighted by atomic mass is 10.0. The highest BCUT2D eigenvalue weighted by atomic mass is 19.1. The van der Waals surface area contributed by atoms with E-state index in [-0.39, 0.29) is 6.04 Å². The van der Waals surface area contributed by atoms with E-state index in [4.69, 9.17) is 0 Å². The second kappa shape index (κ2) is 7.27. The molecule has 0 radical (unpaired) electrons. The first kappa shape index (κ1) is 14.8. The molecule has 0 spiro atoms. The van der Waals surface area contributed by atoms with Gasteiger partial charge in [0.2, 0.25) is 0 Å². The summed E-state index contributed by atoms with van der Waals surface area (Å²) in [5.41, 5.74) is 1.87. The van der Waals surface area contributed by atoms with Crippen LogP contribution in [0.2, 0.25) is 0 Å². The molecule has 0 bridgehead atoms. The molecule has 1 aromatic carbocycles. The van der Waals surface area contributed by atoms with Crippen molar-refractivity contribution in [2.45, 2.75) is 39.7 Å². The Morgan fingerprint density at radius 1 is 1.22 bits per heavy atom. The van der Waals surface area contributed by atoms with Crippen molar-refractivity contribution in [3.8, 4) is 0 Å². The first-order valence-electron chi connectivity index (χ1n) is 6.34. The minimum atomic E-state index is -0.517. The molecule has 0 saturated carbocycles. The molecule has 0 aromatic heterocycles. The largest absolute Gasteiger partial charge is 0.310 e. The van der Waals surface area contributed by atoms with Crippen LogP contribution in [0.5, 0.6) is 0 Å². The Morgan fingerprint density at radius 2 is 1.83 bits per heavy atom. The van der Waals surface area contributed by atoms with E-state index in [1.54, 1.807) is 0 Å². The number of hydrogen-bond acceptors (Lipinski definition) is 1. The van der Waals surface area contributed by atoms with Gasteiger partial charge in [-0.25, -0.2) is 8.78 Å². The highest BCUT2D eigenvalue weighted by Gasteiger charge is 2.08. The van der Waals surface area contributed by atoms with E-state index < -0.39 is 11.6 Å². The normalized spacial score (nSPS) is 12.3. The number of nitrogens with one attached hydrogen (secondary N) is 1. The molecule has 1 atom stereocenters. The zero-order valence-corrected chi connectivity index (χ0v) is 11.3. The van der Waals surface area contributed by atoms with E-state index in [0.717, 1.165) is 19.0 Å². The zero-order chi connectivity index (χ0) is 13.5. The second-order valence-corrected chi connectivity index (χ2v) is 4.79. The fourth-order valence-corrected chi connectivity index (χ4v) is 1.90. The first-order chi connectivity index (χ1) is 8.51. The minimum absolute atomic E-state index is 0.121. The summed E-state index contributed by atoms with van der Waals surface area (Å²) >= 11 is 0. The van der Waals surface area contributed by atoms with Gasteiger partial charge < -0.3 is 5.32 Å². The molecular formula is C15H21F2N. The van der Waals surface area contributed by atoms with Crippen LogP contribution < -0.4 is 5.32 Å². The Kier molecular flexibility index (Phi) is 5.99. The molecule has 1 rings (SSSR count). The Balaban J connectivity index is 2.78. The summed E-state index contributed by atoms with van der Waals surface area (Å²) in [6.45, 7) is 7.03. The fourth-order valence-electron chi connectivity index (χ4n) is 1.90. The predicted octanol–water partition coefficient (Wildman–Crippen LogP) is 3.84. The Morgan fingerprint density at radius 3 is 2.33 bits per heavy atom. The highest BCUT2D eigenvalue weighted by molar-refractivity contribution is 5.20. The summed E-state index contributed by atoms with van der Waals surface area (Å²) in [7, 11) is 0. The third kappa shape index (κ3) is 5.41. The summed E-state index contributed by atoms with van der Waals surface area (Å²) in [5.74, 6) is -1.03. The molecule has 0 heterocycles. The maximum absolute atomic E-state index is 13.1. The molecule has 0 fully saturated rings. The summed E-state index contributed by atoms with van der Waals surface area (Å²) in [6.07, 6.45) is 3.73. The van der Waals surface area contributed by atoms with Crippen molar-refractivity contribution in [3.05, 3.63) is 47.0 Å². The second-order valence-electron chi connectivity index (χ2n) is 4.79. The van der Waals surface area contributed by atoms with E-state index in [0.29, 0.717) is 12.0 Å². The van der Waals surface area contributed by atoms with Crippen LogP contribution >= 0.6 is 0 Å². The van der Waals surface area contributed by atoms with Crippen LogP contribution in [0, 0.1) is 11.6 Å². The number of rotatable bonds is 6. The van der Waals surface area contributed by atoms with Crippen molar-refractivity contribution in [1.82, 2.24) is 5.32 Å². The van der Waals surface area contributed by atoms with Gasteiger partial charge in [-0.15, -0.1) is 0 Å². The third-order valence-corrected chi connectivity index (χ3v) is 2.57. The van der Waals surface area contributed by atoms with E-state index in [9.17, 15) is 8.78 Å². The van der Waals surface area contributed by atoms with Crippen molar-refractivity contribution < 1.29 is 8.78 Å². The number of allylic oxidation sites excluding steroid dienone is 1.